The first-order chi connectivity index (χ1) is 10.5. The summed E-state index contributed by atoms with van der Waals surface area (Å²) in [6.45, 7) is 0. The second-order valence-electron chi connectivity index (χ2n) is 4.65. The maximum atomic E-state index is 13.8. The smallest absolute Gasteiger partial charge is 0.259 e. The number of amides is 1. The predicted octanol–water partition coefficient (Wildman–Crippen LogP) is 3.57. The zero-order chi connectivity index (χ0) is 16.1. The molecule has 0 saturated heterocycles. The molecule has 0 radical (unpaired) electrons. The third-order valence-electron chi connectivity index (χ3n) is 3.13. The van der Waals surface area contributed by atoms with Gasteiger partial charge in [-0.2, -0.15) is 5.26 Å². The zero-order valence-corrected chi connectivity index (χ0v) is 13.1. The van der Waals surface area contributed by atoms with Gasteiger partial charge < -0.3 is 5.73 Å². The van der Waals surface area contributed by atoms with E-state index in [9.17, 15) is 9.18 Å². The Morgan fingerprint density at radius 3 is 2.64 bits per heavy atom. The SMILES string of the molecule is N#C/C(=C\c1cc(Br)ccc1Cc1ccccc1F)C(N)=O. The molecule has 0 saturated carbocycles. The van der Waals surface area contributed by atoms with Crippen molar-refractivity contribution < 1.29 is 9.18 Å². The first kappa shape index (κ1) is 15.9. The molecule has 0 spiro atoms. The molecule has 22 heavy (non-hydrogen) atoms. The van der Waals surface area contributed by atoms with Crippen molar-refractivity contribution >= 4 is 27.9 Å². The summed E-state index contributed by atoms with van der Waals surface area (Å²) < 4.78 is 14.6. The van der Waals surface area contributed by atoms with Gasteiger partial charge in [0.25, 0.3) is 5.91 Å². The average Bonchev–Trinajstić information content (AvgIpc) is 2.49. The van der Waals surface area contributed by atoms with E-state index in [4.69, 9.17) is 11.0 Å². The van der Waals surface area contributed by atoms with Crippen molar-refractivity contribution in [1.29, 1.82) is 5.26 Å². The molecule has 110 valence electrons. The molecule has 0 fully saturated rings. The second kappa shape index (κ2) is 7.01. The largest absolute Gasteiger partial charge is 0.365 e. The number of nitriles is 1. The topological polar surface area (TPSA) is 66.9 Å². The van der Waals surface area contributed by atoms with Crippen LogP contribution in [0.15, 0.2) is 52.5 Å². The van der Waals surface area contributed by atoms with Crippen molar-refractivity contribution in [2.45, 2.75) is 6.42 Å². The molecule has 2 N–H and O–H groups in total. The quantitative estimate of drug-likeness (QED) is 0.670. The zero-order valence-electron chi connectivity index (χ0n) is 11.5. The van der Waals surface area contributed by atoms with Gasteiger partial charge in [-0.15, -0.1) is 0 Å². The summed E-state index contributed by atoms with van der Waals surface area (Å²) in [5.74, 6) is -1.09. The van der Waals surface area contributed by atoms with Gasteiger partial charge in [-0.25, -0.2) is 4.39 Å². The fourth-order valence-electron chi connectivity index (χ4n) is 2.02. The Morgan fingerprint density at radius 2 is 2.00 bits per heavy atom. The number of hydrogen-bond donors (Lipinski definition) is 1. The first-order valence-corrected chi connectivity index (χ1v) is 7.24. The maximum absolute atomic E-state index is 13.8. The molecular formula is C17H12BrFN2O. The summed E-state index contributed by atoms with van der Waals surface area (Å²) >= 11 is 3.34. The minimum absolute atomic E-state index is 0.145. The molecule has 0 aromatic heterocycles. The van der Waals surface area contributed by atoms with Crippen molar-refractivity contribution in [3.8, 4) is 6.07 Å². The van der Waals surface area contributed by atoms with Crippen LogP contribution in [0.4, 0.5) is 4.39 Å². The highest BCUT2D eigenvalue weighted by atomic mass is 79.9. The van der Waals surface area contributed by atoms with Crippen LogP contribution in [0.2, 0.25) is 0 Å². The molecule has 0 aliphatic rings. The summed E-state index contributed by atoms with van der Waals surface area (Å²) in [5.41, 5.74) is 6.99. The van der Waals surface area contributed by atoms with E-state index >= 15 is 0 Å². The van der Waals surface area contributed by atoms with Crippen molar-refractivity contribution in [2.75, 3.05) is 0 Å². The molecule has 0 heterocycles. The van der Waals surface area contributed by atoms with Crippen LogP contribution in [0, 0.1) is 17.1 Å². The highest BCUT2D eigenvalue weighted by molar-refractivity contribution is 9.10. The number of halogens is 2. The molecule has 2 aromatic rings. The molecule has 0 unspecified atom stereocenters. The normalized spacial score (nSPS) is 11.0. The Balaban J connectivity index is 2.47. The van der Waals surface area contributed by atoms with E-state index in [-0.39, 0.29) is 11.4 Å². The number of benzene rings is 2. The van der Waals surface area contributed by atoms with E-state index < -0.39 is 5.91 Å². The second-order valence-corrected chi connectivity index (χ2v) is 5.56. The predicted molar refractivity (Wildman–Crippen MR) is 86.1 cm³/mol. The Labute approximate surface area is 136 Å². The molecule has 0 aliphatic heterocycles. The monoisotopic (exact) mass is 358 g/mol. The Hall–Kier alpha value is -2.45. The van der Waals surface area contributed by atoms with E-state index in [1.165, 1.54) is 12.1 Å². The van der Waals surface area contributed by atoms with Gasteiger partial charge in [0, 0.05) is 10.9 Å². The molecule has 0 bridgehead atoms. The molecule has 3 nitrogen and oxygen atoms in total. The molecule has 0 atom stereocenters. The maximum Gasteiger partial charge on any atom is 0.259 e. The van der Waals surface area contributed by atoms with E-state index in [1.807, 2.05) is 12.1 Å². The van der Waals surface area contributed by atoms with Crippen LogP contribution in [0.25, 0.3) is 6.08 Å². The van der Waals surface area contributed by atoms with E-state index in [0.717, 1.165) is 10.0 Å². The van der Waals surface area contributed by atoms with Gasteiger partial charge in [0.2, 0.25) is 0 Å². The van der Waals surface area contributed by atoms with Gasteiger partial charge in [-0.1, -0.05) is 40.2 Å². The lowest BCUT2D eigenvalue weighted by Gasteiger charge is -2.08. The average molecular weight is 359 g/mol. The Morgan fingerprint density at radius 1 is 1.27 bits per heavy atom. The van der Waals surface area contributed by atoms with Crippen molar-refractivity contribution in [3.05, 3.63) is 75.0 Å². The summed E-state index contributed by atoms with van der Waals surface area (Å²) in [5, 5.41) is 8.96. The molecule has 0 aliphatic carbocycles. The number of nitrogens with zero attached hydrogens (tertiary/aromatic N) is 1. The number of nitrogens with two attached hydrogens (primary N) is 1. The van der Waals surface area contributed by atoms with Crippen LogP contribution < -0.4 is 5.73 Å². The summed E-state index contributed by atoms with van der Waals surface area (Å²) in [6.07, 6.45) is 1.77. The van der Waals surface area contributed by atoms with Crippen LogP contribution in [0.5, 0.6) is 0 Å². The number of carbonyl (C=O) groups is 1. The summed E-state index contributed by atoms with van der Waals surface area (Å²) in [7, 11) is 0. The van der Waals surface area contributed by atoms with E-state index in [1.54, 1.807) is 30.3 Å². The van der Waals surface area contributed by atoms with E-state index in [2.05, 4.69) is 15.9 Å². The van der Waals surface area contributed by atoms with Crippen LogP contribution in [0.3, 0.4) is 0 Å². The minimum atomic E-state index is -0.792. The third-order valence-corrected chi connectivity index (χ3v) is 3.63. The molecule has 2 rings (SSSR count). The van der Waals surface area contributed by atoms with Gasteiger partial charge in [-0.05, 0) is 41.0 Å². The number of carbonyl (C=O) groups excluding carboxylic acids is 1. The lowest BCUT2D eigenvalue weighted by atomic mass is 9.98. The standard InChI is InChI=1S/C17H12BrFN2O/c18-15-6-5-11(7-12-3-1-2-4-16(12)19)13(9-15)8-14(10-20)17(21)22/h1-6,8-9H,7H2,(H2,21,22)/b14-8+. The summed E-state index contributed by atoms with van der Waals surface area (Å²) in [6, 6.07) is 13.7. The number of rotatable bonds is 4. The number of hydrogen-bond acceptors (Lipinski definition) is 2. The van der Waals surface area contributed by atoms with Crippen LogP contribution in [-0.2, 0) is 11.2 Å². The van der Waals surface area contributed by atoms with Gasteiger partial charge in [-0.3, -0.25) is 4.79 Å². The van der Waals surface area contributed by atoms with Crippen LogP contribution >= 0.6 is 15.9 Å². The van der Waals surface area contributed by atoms with Gasteiger partial charge in [0.1, 0.15) is 17.5 Å². The highest BCUT2D eigenvalue weighted by Gasteiger charge is 2.09. The summed E-state index contributed by atoms with van der Waals surface area (Å²) in [4.78, 5) is 11.2. The van der Waals surface area contributed by atoms with Crippen LogP contribution in [0.1, 0.15) is 16.7 Å². The fourth-order valence-corrected chi connectivity index (χ4v) is 2.40. The molecule has 5 heteroatoms. The minimum Gasteiger partial charge on any atom is -0.365 e. The van der Waals surface area contributed by atoms with Gasteiger partial charge in [0.15, 0.2) is 0 Å². The third kappa shape index (κ3) is 3.80. The fraction of sp³-hybridized carbons (Fsp3) is 0.0588. The lowest BCUT2D eigenvalue weighted by Crippen LogP contribution is -2.12. The number of primary amides is 1. The first-order valence-electron chi connectivity index (χ1n) is 6.44. The molecular weight excluding hydrogens is 347 g/mol. The molecule has 1 amide bonds. The molecule has 2 aromatic carbocycles. The van der Waals surface area contributed by atoms with Gasteiger partial charge in [0.05, 0.1) is 0 Å². The van der Waals surface area contributed by atoms with Crippen molar-refractivity contribution in [3.63, 3.8) is 0 Å². The van der Waals surface area contributed by atoms with Crippen molar-refractivity contribution in [2.24, 2.45) is 5.73 Å². The van der Waals surface area contributed by atoms with Crippen LogP contribution in [-0.4, -0.2) is 5.91 Å². The lowest BCUT2D eigenvalue weighted by molar-refractivity contribution is -0.114. The highest BCUT2D eigenvalue weighted by Crippen LogP contribution is 2.23. The Bertz CT molecular complexity index is 793. The van der Waals surface area contributed by atoms with Gasteiger partial charge >= 0.3 is 0 Å². The van der Waals surface area contributed by atoms with E-state index in [0.29, 0.717) is 17.5 Å². The van der Waals surface area contributed by atoms with Crippen molar-refractivity contribution in [1.82, 2.24) is 0 Å². The Kier molecular flexibility index (Phi) is 5.08.